The minimum absolute atomic E-state index is 0.151. The smallest absolute Gasteiger partial charge is 0.327 e. The Morgan fingerprint density at radius 1 is 1.44 bits per heavy atom. The molecule has 18 heavy (non-hydrogen) atoms. The highest BCUT2D eigenvalue weighted by atomic mass is 16.3. The summed E-state index contributed by atoms with van der Waals surface area (Å²) >= 11 is 0. The highest BCUT2D eigenvalue weighted by molar-refractivity contribution is 5.98. The highest BCUT2D eigenvalue weighted by Gasteiger charge is 2.09. The van der Waals surface area contributed by atoms with Crippen molar-refractivity contribution in [2.75, 3.05) is 10.6 Å². The van der Waals surface area contributed by atoms with Crippen LogP contribution in [0, 0.1) is 6.92 Å². The summed E-state index contributed by atoms with van der Waals surface area (Å²) in [5, 5.41) is 14.3. The number of amides is 2. The van der Waals surface area contributed by atoms with Crippen molar-refractivity contribution in [1.29, 1.82) is 0 Å². The van der Waals surface area contributed by atoms with Crippen molar-refractivity contribution in [3.8, 4) is 5.88 Å². The van der Waals surface area contributed by atoms with Crippen molar-refractivity contribution in [1.82, 2.24) is 14.5 Å². The third-order valence-corrected chi connectivity index (χ3v) is 2.33. The zero-order valence-corrected chi connectivity index (χ0v) is 10.0. The molecule has 7 nitrogen and oxygen atoms in total. The van der Waals surface area contributed by atoms with Crippen LogP contribution in [0.3, 0.4) is 0 Å². The molecule has 94 valence electrons. The number of carbonyl (C=O) groups is 1. The second-order valence-corrected chi connectivity index (χ2v) is 3.78. The Kier molecular flexibility index (Phi) is 3.13. The molecule has 0 atom stereocenters. The van der Waals surface area contributed by atoms with Crippen LogP contribution < -0.4 is 10.6 Å². The zero-order chi connectivity index (χ0) is 13.1. The first-order chi connectivity index (χ1) is 8.56. The first-order valence-electron chi connectivity index (χ1n) is 5.28. The summed E-state index contributed by atoms with van der Waals surface area (Å²) in [6.45, 7) is 1.84. The lowest BCUT2D eigenvalue weighted by Gasteiger charge is -2.07. The zero-order valence-electron chi connectivity index (χ0n) is 10.0. The van der Waals surface area contributed by atoms with Crippen molar-refractivity contribution in [2.45, 2.75) is 6.92 Å². The summed E-state index contributed by atoms with van der Waals surface area (Å²) in [5.41, 5.74) is 0.857. The molecule has 0 spiro atoms. The number of urea groups is 1. The number of pyridine rings is 1. The molecule has 0 aliphatic heterocycles. The van der Waals surface area contributed by atoms with Crippen LogP contribution in [0.1, 0.15) is 5.56 Å². The van der Waals surface area contributed by atoms with Gasteiger partial charge in [0.1, 0.15) is 5.82 Å². The van der Waals surface area contributed by atoms with Crippen molar-refractivity contribution >= 4 is 17.8 Å². The number of aryl methyl sites for hydroxylation is 2. The maximum atomic E-state index is 11.7. The number of aromatic hydroxyl groups is 1. The molecule has 0 fully saturated rings. The van der Waals surface area contributed by atoms with Gasteiger partial charge in [-0.2, -0.15) is 4.98 Å². The van der Waals surface area contributed by atoms with Crippen LogP contribution in [0.4, 0.5) is 16.6 Å². The van der Waals surface area contributed by atoms with E-state index >= 15 is 0 Å². The maximum Gasteiger partial charge on any atom is 0.327 e. The molecule has 0 bridgehead atoms. The van der Waals surface area contributed by atoms with Crippen molar-refractivity contribution in [2.24, 2.45) is 7.05 Å². The third-order valence-electron chi connectivity index (χ3n) is 2.33. The molecule has 2 amide bonds. The summed E-state index contributed by atoms with van der Waals surface area (Å²) in [7, 11) is 1.66. The minimum Gasteiger partial charge on any atom is -0.492 e. The van der Waals surface area contributed by atoms with Gasteiger partial charge in [-0.25, -0.2) is 9.78 Å². The van der Waals surface area contributed by atoms with Gasteiger partial charge < -0.3 is 9.67 Å². The van der Waals surface area contributed by atoms with Gasteiger partial charge in [0.15, 0.2) is 0 Å². The van der Waals surface area contributed by atoms with Gasteiger partial charge in [-0.3, -0.25) is 10.6 Å². The molecular weight excluding hydrogens is 234 g/mol. The van der Waals surface area contributed by atoms with Crippen LogP contribution in [0.25, 0.3) is 0 Å². The Hall–Kier alpha value is -2.57. The van der Waals surface area contributed by atoms with E-state index in [-0.39, 0.29) is 11.8 Å². The minimum atomic E-state index is -0.467. The van der Waals surface area contributed by atoms with Crippen LogP contribution >= 0.6 is 0 Å². The lowest BCUT2D eigenvalue weighted by molar-refractivity contribution is 0.262. The van der Waals surface area contributed by atoms with E-state index in [1.807, 2.05) is 13.0 Å². The molecule has 0 aliphatic carbocycles. The quantitative estimate of drug-likeness (QED) is 0.749. The molecule has 0 aromatic carbocycles. The lowest BCUT2D eigenvalue weighted by Crippen LogP contribution is -2.22. The number of rotatable bonds is 2. The van der Waals surface area contributed by atoms with E-state index in [9.17, 15) is 4.79 Å². The number of carbonyl (C=O) groups excluding carboxylic acids is 1. The van der Waals surface area contributed by atoms with E-state index < -0.39 is 6.03 Å². The normalized spacial score (nSPS) is 10.1. The SMILES string of the molecule is Cc1cccnc1NC(=O)Nc1nc(O)cn1C. The fraction of sp³-hybridized carbons (Fsp3) is 0.182. The maximum absolute atomic E-state index is 11.7. The lowest BCUT2D eigenvalue weighted by atomic mass is 10.3. The van der Waals surface area contributed by atoms with Gasteiger partial charge in [0.25, 0.3) is 0 Å². The average molecular weight is 247 g/mol. The Morgan fingerprint density at radius 3 is 2.83 bits per heavy atom. The molecule has 0 radical (unpaired) electrons. The van der Waals surface area contributed by atoms with Gasteiger partial charge in [0, 0.05) is 13.2 Å². The highest BCUT2D eigenvalue weighted by Crippen LogP contribution is 2.13. The molecule has 0 unspecified atom stereocenters. The van der Waals surface area contributed by atoms with Gasteiger partial charge in [-0.05, 0) is 18.6 Å². The van der Waals surface area contributed by atoms with Crippen molar-refractivity contribution in [3.63, 3.8) is 0 Å². The molecular formula is C11H13N5O2. The van der Waals surface area contributed by atoms with Gasteiger partial charge in [-0.1, -0.05) is 6.07 Å². The number of hydrogen-bond acceptors (Lipinski definition) is 4. The Bertz CT molecular complexity index is 579. The predicted octanol–water partition coefficient (Wildman–Crippen LogP) is 1.47. The molecule has 2 aromatic rings. The number of aromatic nitrogens is 3. The van der Waals surface area contributed by atoms with E-state index in [0.29, 0.717) is 5.82 Å². The molecule has 0 aliphatic rings. The fourth-order valence-electron chi connectivity index (χ4n) is 1.42. The van der Waals surface area contributed by atoms with E-state index in [0.717, 1.165) is 5.56 Å². The second kappa shape index (κ2) is 4.74. The van der Waals surface area contributed by atoms with Crippen molar-refractivity contribution < 1.29 is 9.90 Å². The van der Waals surface area contributed by atoms with E-state index in [1.165, 1.54) is 10.8 Å². The summed E-state index contributed by atoms with van der Waals surface area (Å²) in [6, 6.07) is 3.16. The van der Waals surface area contributed by atoms with Crippen LogP contribution in [0.15, 0.2) is 24.5 Å². The van der Waals surface area contributed by atoms with Crippen LogP contribution in [0.5, 0.6) is 5.88 Å². The first-order valence-corrected chi connectivity index (χ1v) is 5.28. The molecule has 3 N–H and O–H groups in total. The van der Waals surface area contributed by atoms with Gasteiger partial charge in [0.05, 0.1) is 6.20 Å². The van der Waals surface area contributed by atoms with Crippen LogP contribution in [-0.4, -0.2) is 25.7 Å². The number of nitrogens with zero attached hydrogens (tertiary/aromatic N) is 3. The van der Waals surface area contributed by atoms with E-state index in [1.54, 1.807) is 19.3 Å². The van der Waals surface area contributed by atoms with E-state index in [2.05, 4.69) is 20.6 Å². The monoisotopic (exact) mass is 247 g/mol. The summed E-state index contributed by atoms with van der Waals surface area (Å²) in [4.78, 5) is 19.5. The fourth-order valence-corrected chi connectivity index (χ4v) is 1.42. The molecule has 0 saturated heterocycles. The van der Waals surface area contributed by atoms with E-state index in [4.69, 9.17) is 5.11 Å². The third kappa shape index (κ3) is 2.57. The molecule has 7 heteroatoms. The Balaban J connectivity index is 2.06. The Morgan fingerprint density at radius 2 is 2.22 bits per heavy atom. The first kappa shape index (κ1) is 11.9. The van der Waals surface area contributed by atoms with Crippen molar-refractivity contribution in [3.05, 3.63) is 30.1 Å². The molecule has 2 aromatic heterocycles. The number of imidazole rings is 1. The standard InChI is InChI=1S/C11H13N5O2/c1-7-4-3-5-12-9(7)14-11(18)15-10-13-8(17)6-16(10)2/h3-6,17H,1-2H3,(H2,12,13,14,15,18). The average Bonchev–Trinajstić information content (AvgIpc) is 2.61. The number of hydrogen-bond donors (Lipinski definition) is 3. The van der Waals surface area contributed by atoms with Gasteiger partial charge in [0.2, 0.25) is 11.8 Å². The molecule has 2 rings (SSSR count). The summed E-state index contributed by atoms with van der Waals surface area (Å²) in [5.74, 6) is 0.578. The Labute approximate surface area is 103 Å². The van der Waals surface area contributed by atoms with Crippen LogP contribution in [0.2, 0.25) is 0 Å². The van der Waals surface area contributed by atoms with Crippen LogP contribution in [-0.2, 0) is 7.05 Å². The number of nitrogens with one attached hydrogen (secondary N) is 2. The topological polar surface area (TPSA) is 92.1 Å². The summed E-state index contributed by atoms with van der Waals surface area (Å²) in [6.07, 6.45) is 2.98. The number of anilines is 2. The second-order valence-electron chi connectivity index (χ2n) is 3.78. The predicted molar refractivity (Wildman–Crippen MR) is 66.5 cm³/mol. The molecule has 2 heterocycles. The van der Waals surface area contributed by atoms with Gasteiger partial charge >= 0.3 is 6.03 Å². The largest absolute Gasteiger partial charge is 0.492 e. The van der Waals surface area contributed by atoms with Gasteiger partial charge in [-0.15, -0.1) is 0 Å². The molecule has 0 saturated carbocycles. The summed E-state index contributed by atoms with van der Waals surface area (Å²) < 4.78 is 1.50.